The van der Waals surface area contributed by atoms with Gasteiger partial charge in [0.2, 0.25) is 0 Å². The van der Waals surface area contributed by atoms with E-state index in [1.54, 1.807) is 24.3 Å². The van der Waals surface area contributed by atoms with Crippen LogP contribution in [0.3, 0.4) is 0 Å². The lowest BCUT2D eigenvalue weighted by Gasteiger charge is -2.09. The maximum absolute atomic E-state index is 13.2. The van der Waals surface area contributed by atoms with Gasteiger partial charge in [0.1, 0.15) is 11.6 Å². The number of halogens is 2. The molecule has 6 heteroatoms. The zero-order valence-electron chi connectivity index (χ0n) is 14.5. The number of nitrogens with one attached hydrogen (secondary N) is 1. The van der Waals surface area contributed by atoms with Crippen LogP contribution in [0.1, 0.15) is 21.5 Å². The molecule has 0 saturated heterocycles. The maximum Gasteiger partial charge on any atom is 0.253 e. The summed E-state index contributed by atoms with van der Waals surface area (Å²) >= 11 is 0. The van der Waals surface area contributed by atoms with Crippen LogP contribution < -0.4 is 10.9 Å². The van der Waals surface area contributed by atoms with Gasteiger partial charge in [0.25, 0.3) is 11.5 Å². The lowest BCUT2D eigenvalue weighted by Crippen LogP contribution is -2.26. The number of benzene rings is 2. The number of pyridine rings is 1. The Balaban J connectivity index is 1.65. The van der Waals surface area contributed by atoms with E-state index in [1.165, 1.54) is 47.2 Å². The number of amides is 1. The molecule has 0 unspecified atom stereocenters. The van der Waals surface area contributed by atoms with Gasteiger partial charge in [-0.05, 0) is 47.9 Å². The van der Waals surface area contributed by atoms with Crippen molar-refractivity contribution in [1.29, 1.82) is 0 Å². The Bertz CT molecular complexity index is 998. The third-order valence-electron chi connectivity index (χ3n) is 4.14. The second kappa shape index (κ2) is 8.40. The van der Waals surface area contributed by atoms with E-state index < -0.39 is 0 Å². The molecule has 0 spiro atoms. The molecule has 27 heavy (non-hydrogen) atoms. The minimum atomic E-state index is -0.365. The molecule has 0 aliphatic carbocycles. The number of rotatable bonds is 6. The average Bonchev–Trinajstić information content (AvgIpc) is 2.67. The molecular weight excluding hydrogens is 350 g/mol. The summed E-state index contributed by atoms with van der Waals surface area (Å²) in [4.78, 5) is 24.3. The monoisotopic (exact) mass is 368 g/mol. The predicted molar refractivity (Wildman–Crippen MR) is 98.4 cm³/mol. The molecule has 0 aliphatic heterocycles. The second-order valence-electron chi connectivity index (χ2n) is 6.14. The largest absolute Gasteiger partial charge is 0.348 e. The standard InChI is InChI=1S/C21H18F2N2O2/c22-18-7-4-15(5-8-18)10-11-25-14-17(6-9-20(25)26)21(27)24-13-16-2-1-3-19(23)12-16/h1-9,12,14H,10-11,13H2,(H,24,27). The van der Waals surface area contributed by atoms with E-state index in [1.807, 2.05) is 0 Å². The van der Waals surface area contributed by atoms with Crippen molar-refractivity contribution >= 4 is 5.91 Å². The number of carbonyl (C=O) groups excluding carboxylic acids is 1. The van der Waals surface area contributed by atoms with Crippen molar-refractivity contribution in [3.05, 3.63) is 106 Å². The molecule has 1 amide bonds. The van der Waals surface area contributed by atoms with Gasteiger partial charge in [-0.15, -0.1) is 0 Å². The fraction of sp³-hybridized carbons (Fsp3) is 0.143. The number of aromatic nitrogens is 1. The van der Waals surface area contributed by atoms with Crippen LogP contribution in [0.15, 0.2) is 71.7 Å². The lowest BCUT2D eigenvalue weighted by atomic mass is 10.1. The van der Waals surface area contributed by atoms with Crippen LogP contribution >= 0.6 is 0 Å². The summed E-state index contributed by atoms with van der Waals surface area (Å²) in [6.07, 6.45) is 2.03. The normalized spacial score (nSPS) is 10.6. The first-order valence-electron chi connectivity index (χ1n) is 8.49. The predicted octanol–water partition coefficient (Wildman–Crippen LogP) is 3.30. The number of nitrogens with zero attached hydrogens (tertiary/aromatic N) is 1. The first-order valence-corrected chi connectivity index (χ1v) is 8.49. The third kappa shape index (κ3) is 5.10. The van der Waals surface area contributed by atoms with Crippen molar-refractivity contribution in [3.63, 3.8) is 0 Å². The summed E-state index contributed by atoms with van der Waals surface area (Å²) in [6.45, 7) is 0.556. The SMILES string of the molecule is O=C(NCc1cccc(F)c1)c1ccc(=O)n(CCc2ccc(F)cc2)c1. The zero-order chi connectivity index (χ0) is 19.2. The molecule has 3 rings (SSSR count). The quantitative estimate of drug-likeness (QED) is 0.726. The van der Waals surface area contributed by atoms with E-state index in [2.05, 4.69) is 5.32 Å². The molecule has 2 aromatic carbocycles. The van der Waals surface area contributed by atoms with Gasteiger partial charge in [-0.3, -0.25) is 9.59 Å². The first-order chi connectivity index (χ1) is 13.0. The summed E-state index contributed by atoms with van der Waals surface area (Å²) in [6, 6.07) is 14.8. The van der Waals surface area contributed by atoms with Crippen LogP contribution in [0, 0.1) is 11.6 Å². The van der Waals surface area contributed by atoms with Crippen molar-refractivity contribution in [2.24, 2.45) is 0 Å². The summed E-state index contributed by atoms with van der Waals surface area (Å²) < 4.78 is 27.6. The van der Waals surface area contributed by atoms with Crippen LogP contribution in [0.2, 0.25) is 0 Å². The summed E-state index contributed by atoms with van der Waals surface area (Å²) in [7, 11) is 0. The van der Waals surface area contributed by atoms with E-state index in [-0.39, 0.29) is 29.6 Å². The van der Waals surface area contributed by atoms with Gasteiger partial charge in [0.05, 0.1) is 5.56 Å². The Morgan fingerprint density at radius 2 is 1.70 bits per heavy atom. The highest BCUT2D eigenvalue weighted by molar-refractivity contribution is 5.93. The summed E-state index contributed by atoms with van der Waals surface area (Å²) in [5.74, 6) is -1.03. The minimum absolute atomic E-state index is 0.186. The molecule has 0 bridgehead atoms. The molecule has 0 atom stereocenters. The fourth-order valence-electron chi connectivity index (χ4n) is 2.67. The molecule has 0 saturated carbocycles. The second-order valence-corrected chi connectivity index (χ2v) is 6.14. The summed E-state index contributed by atoms with van der Waals surface area (Å²) in [5.41, 5.74) is 1.65. The van der Waals surface area contributed by atoms with E-state index in [0.717, 1.165) is 5.56 Å². The van der Waals surface area contributed by atoms with Gasteiger partial charge in [-0.2, -0.15) is 0 Å². The molecule has 0 aliphatic rings. The van der Waals surface area contributed by atoms with E-state index >= 15 is 0 Å². The fourth-order valence-corrected chi connectivity index (χ4v) is 2.67. The van der Waals surface area contributed by atoms with Crippen LogP contribution in [0.4, 0.5) is 8.78 Å². The number of aryl methyl sites for hydroxylation is 2. The molecular formula is C21H18F2N2O2. The van der Waals surface area contributed by atoms with Crippen LogP contribution in [0.5, 0.6) is 0 Å². The van der Waals surface area contributed by atoms with Gasteiger partial charge in [-0.25, -0.2) is 8.78 Å². The van der Waals surface area contributed by atoms with Gasteiger partial charge >= 0.3 is 0 Å². The van der Waals surface area contributed by atoms with E-state index in [9.17, 15) is 18.4 Å². The van der Waals surface area contributed by atoms with Crippen molar-refractivity contribution < 1.29 is 13.6 Å². The van der Waals surface area contributed by atoms with E-state index in [4.69, 9.17) is 0 Å². The molecule has 1 heterocycles. The van der Waals surface area contributed by atoms with Crippen LogP contribution in [0.25, 0.3) is 0 Å². The topological polar surface area (TPSA) is 51.1 Å². The molecule has 3 aromatic rings. The van der Waals surface area contributed by atoms with Crippen molar-refractivity contribution in [2.75, 3.05) is 0 Å². The van der Waals surface area contributed by atoms with Gasteiger partial charge in [0, 0.05) is 25.4 Å². The zero-order valence-corrected chi connectivity index (χ0v) is 14.5. The van der Waals surface area contributed by atoms with Crippen molar-refractivity contribution in [2.45, 2.75) is 19.5 Å². The molecule has 1 N–H and O–H groups in total. The molecule has 4 nitrogen and oxygen atoms in total. The highest BCUT2D eigenvalue weighted by Crippen LogP contribution is 2.06. The number of hydrogen-bond acceptors (Lipinski definition) is 2. The Hall–Kier alpha value is -3.28. The Kier molecular flexibility index (Phi) is 5.76. The highest BCUT2D eigenvalue weighted by atomic mass is 19.1. The number of carbonyl (C=O) groups is 1. The van der Waals surface area contributed by atoms with Crippen molar-refractivity contribution in [3.8, 4) is 0 Å². The van der Waals surface area contributed by atoms with E-state index in [0.29, 0.717) is 24.1 Å². The molecule has 138 valence electrons. The Morgan fingerprint density at radius 1 is 0.926 bits per heavy atom. The van der Waals surface area contributed by atoms with Gasteiger partial charge in [0.15, 0.2) is 0 Å². The third-order valence-corrected chi connectivity index (χ3v) is 4.14. The van der Waals surface area contributed by atoms with Crippen molar-refractivity contribution in [1.82, 2.24) is 9.88 Å². The van der Waals surface area contributed by atoms with Crippen LogP contribution in [-0.2, 0) is 19.5 Å². The molecule has 1 aromatic heterocycles. The highest BCUT2D eigenvalue weighted by Gasteiger charge is 2.08. The molecule has 0 fully saturated rings. The Morgan fingerprint density at radius 3 is 2.44 bits per heavy atom. The minimum Gasteiger partial charge on any atom is -0.348 e. The van der Waals surface area contributed by atoms with Crippen LogP contribution in [-0.4, -0.2) is 10.5 Å². The van der Waals surface area contributed by atoms with Gasteiger partial charge in [-0.1, -0.05) is 24.3 Å². The first kappa shape index (κ1) is 18.5. The smallest absolute Gasteiger partial charge is 0.253 e. The average molecular weight is 368 g/mol. The molecule has 0 radical (unpaired) electrons. The number of hydrogen-bond donors (Lipinski definition) is 1. The Labute approximate surface area is 155 Å². The summed E-state index contributed by atoms with van der Waals surface area (Å²) in [5, 5.41) is 2.71. The van der Waals surface area contributed by atoms with Gasteiger partial charge < -0.3 is 9.88 Å². The lowest BCUT2D eigenvalue weighted by molar-refractivity contribution is 0.0950. The maximum atomic E-state index is 13.2.